The van der Waals surface area contributed by atoms with Crippen LogP contribution < -0.4 is 10.9 Å². The maximum Gasteiger partial charge on any atom is 0.282 e. The molecule has 0 saturated heterocycles. The van der Waals surface area contributed by atoms with Crippen LogP contribution >= 0.6 is 11.6 Å². The van der Waals surface area contributed by atoms with Crippen LogP contribution in [0.15, 0.2) is 47.4 Å². The van der Waals surface area contributed by atoms with Gasteiger partial charge < -0.3 is 10.2 Å². The summed E-state index contributed by atoms with van der Waals surface area (Å²) in [5.41, 5.74) is 4.22. The van der Waals surface area contributed by atoms with Crippen LogP contribution in [-0.2, 0) is 12.0 Å². The van der Waals surface area contributed by atoms with Crippen LogP contribution in [0.25, 0.3) is 16.6 Å². The van der Waals surface area contributed by atoms with Gasteiger partial charge in [0.15, 0.2) is 5.82 Å². The lowest BCUT2D eigenvalue weighted by atomic mass is 9.87. The Kier molecular flexibility index (Phi) is 4.72. The van der Waals surface area contributed by atoms with E-state index in [1.165, 1.54) is 48.4 Å². The first-order valence-corrected chi connectivity index (χ1v) is 11.5. The van der Waals surface area contributed by atoms with Crippen molar-refractivity contribution >= 4 is 34.1 Å². The number of nitrogens with one attached hydrogen (secondary N) is 1. The van der Waals surface area contributed by atoms with Crippen LogP contribution in [0.2, 0.25) is 5.02 Å². The van der Waals surface area contributed by atoms with Crippen LogP contribution in [0.3, 0.4) is 0 Å². The SMILES string of the molecule is Cc1nn(-c2c(F)cccc2Cl)c(=O)c2cnc(Nc3ccc4c(c3)CN(C)CC43CC3)nc12. The molecule has 1 spiro atoms. The monoisotopic (exact) mass is 476 g/mol. The zero-order valence-electron chi connectivity index (χ0n) is 18.8. The lowest BCUT2D eigenvalue weighted by Gasteiger charge is -2.32. The summed E-state index contributed by atoms with van der Waals surface area (Å²) in [7, 11) is 2.16. The standard InChI is InChI=1S/C25H22ClFN6O/c1-14-21-17(23(34)33(31-14)22-19(26)4-3-5-20(22)27)11-28-24(30-21)29-16-6-7-18-15(10-16)12-32(2)13-25(18)8-9-25/h3-7,10-11H,8-9,12-13H2,1-2H3,(H,28,29,30). The third kappa shape index (κ3) is 3.36. The molecule has 2 aromatic carbocycles. The molecule has 7 nitrogen and oxygen atoms in total. The summed E-state index contributed by atoms with van der Waals surface area (Å²) < 4.78 is 15.4. The molecule has 6 rings (SSSR count). The van der Waals surface area contributed by atoms with E-state index in [1.54, 1.807) is 6.92 Å². The molecule has 9 heteroatoms. The van der Waals surface area contributed by atoms with Crippen molar-refractivity contribution in [3.8, 4) is 5.69 Å². The molecule has 3 heterocycles. The van der Waals surface area contributed by atoms with Gasteiger partial charge in [0, 0.05) is 30.4 Å². The van der Waals surface area contributed by atoms with Gasteiger partial charge in [0.25, 0.3) is 5.56 Å². The second-order valence-corrected chi connectivity index (χ2v) is 9.69. The molecular formula is C25H22ClFN6O. The van der Waals surface area contributed by atoms with Gasteiger partial charge >= 0.3 is 0 Å². The fraction of sp³-hybridized carbons (Fsp3) is 0.280. The summed E-state index contributed by atoms with van der Waals surface area (Å²) in [5.74, 6) is -0.269. The first kappa shape index (κ1) is 21.2. The smallest absolute Gasteiger partial charge is 0.282 e. The summed E-state index contributed by atoms with van der Waals surface area (Å²) in [6.45, 7) is 3.74. The van der Waals surface area contributed by atoms with Gasteiger partial charge in [0.05, 0.1) is 16.1 Å². The fourth-order valence-corrected chi connectivity index (χ4v) is 5.29. The van der Waals surface area contributed by atoms with E-state index in [2.05, 4.69) is 50.5 Å². The number of nitrogens with zero attached hydrogens (tertiary/aromatic N) is 5. The Morgan fingerprint density at radius 1 is 1.21 bits per heavy atom. The Labute approximate surface area is 200 Å². The van der Waals surface area contributed by atoms with Crippen LogP contribution in [0.5, 0.6) is 0 Å². The van der Waals surface area contributed by atoms with Crippen molar-refractivity contribution in [3.05, 3.63) is 80.6 Å². The van der Waals surface area contributed by atoms with E-state index in [-0.39, 0.29) is 16.1 Å². The number of hydrogen-bond acceptors (Lipinski definition) is 6. The maximum atomic E-state index is 14.4. The number of para-hydroxylation sites is 1. The van der Waals surface area contributed by atoms with Crippen molar-refractivity contribution in [2.75, 3.05) is 18.9 Å². The molecule has 0 unspecified atom stereocenters. The molecule has 1 aliphatic carbocycles. The minimum absolute atomic E-state index is 0.0890. The van der Waals surface area contributed by atoms with E-state index in [1.807, 2.05) is 0 Å². The molecule has 1 aliphatic heterocycles. The van der Waals surface area contributed by atoms with Crippen molar-refractivity contribution in [1.82, 2.24) is 24.6 Å². The van der Waals surface area contributed by atoms with Gasteiger partial charge in [0.1, 0.15) is 11.2 Å². The van der Waals surface area contributed by atoms with Gasteiger partial charge in [-0.05, 0) is 62.2 Å². The summed E-state index contributed by atoms with van der Waals surface area (Å²) in [5, 5.41) is 7.88. The lowest BCUT2D eigenvalue weighted by Crippen LogP contribution is -2.35. The molecular weight excluding hydrogens is 455 g/mol. The second-order valence-electron chi connectivity index (χ2n) is 9.28. The highest BCUT2D eigenvalue weighted by molar-refractivity contribution is 6.32. The lowest BCUT2D eigenvalue weighted by molar-refractivity contribution is 0.271. The quantitative estimate of drug-likeness (QED) is 0.469. The highest BCUT2D eigenvalue weighted by Crippen LogP contribution is 2.52. The number of benzene rings is 2. The van der Waals surface area contributed by atoms with E-state index in [0.29, 0.717) is 22.6 Å². The minimum atomic E-state index is -0.633. The largest absolute Gasteiger partial charge is 0.324 e. The Morgan fingerprint density at radius 3 is 2.79 bits per heavy atom. The molecule has 0 amide bonds. The predicted molar refractivity (Wildman–Crippen MR) is 130 cm³/mol. The average molecular weight is 477 g/mol. The summed E-state index contributed by atoms with van der Waals surface area (Å²) in [6, 6.07) is 10.6. The number of hydrogen-bond donors (Lipinski definition) is 1. The number of halogens is 2. The van der Waals surface area contributed by atoms with E-state index in [9.17, 15) is 9.18 Å². The third-order valence-corrected chi connectivity index (χ3v) is 7.06. The third-order valence-electron chi connectivity index (χ3n) is 6.75. The Hall–Kier alpha value is -3.36. The Balaban J connectivity index is 1.37. The average Bonchev–Trinajstić information content (AvgIpc) is 3.56. The highest BCUT2D eigenvalue weighted by atomic mass is 35.5. The van der Waals surface area contributed by atoms with Crippen molar-refractivity contribution in [2.45, 2.75) is 31.7 Å². The van der Waals surface area contributed by atoms with E-state index in [0.717, 1.165) is 23.5 Å². The molecule has 0 radical (unpaired) electrons. The minimum Gasteiger partial charge on any atom is -0.324 e. The molecule has 1 saturated carbocycles. The summed E-state index contributed by atoms with van der Waals surface area (Å²) in [4.78, 5) is 24.3. The van der Waals surface area contributed by atoms with Crippen molar-refractivity contribution in [3.63, 3.8) is 0 Å². The van der Waals surface area contributed by atoms with E-state index >= 15 is 0 Å². The fourth-order valence-electron chi connectivity index (χ4n) is 5.05. The normalized spacial score (nSPS) is 16.6. The molecule has 1 N–H and O–H groups in total. The first-order chi connectivity index (χ1) is 16.3. The van der Waals surface area contributed by atoms with Gasteiger partial charge in [0.2, 0.25) is 5.95 Å². The molecule has 0 atom stereocenters. The van der Waals surface area contributed by atoms with Gasteiger partial charge in [-0.15, -0.1) is 0 Å². The molecule has 0 bridgehead atoms. The zero-order valence-corrected chi connectivity index (χ0v) is 19.5. The number of anilines is 2. The maximum absolute atomic E-state index is 14.4. The van der Waals surface area contributed by atoms with Crippen LogP contribution in [0.1, 0.15) is 29.7 Å². The van der Waals surface area contributed by atoms with Gasteiger partial charge in [-0.3, -0.25) is 4.79 Å². The Morgan fingerprint density at radius 2 is 2.03 bits per heavy atom. The van der Waals surface area contributed by atoms with Crippen LogP contribution in [0.4, 0.5) is 16.0 Å². The Bertz CT molecular complexity index is 1510. The highest BCUT2D eigenvalue weighted by Gasteiger charge is 2.48. The number of aryl methyl sites for hydroxylation is 1. The molecule has 2 aromatic heterocycles. The number of likely N-dealkylation sites (N-methyl/N-ethyl adjacent to an activating group) is 1. The first-order valence-electron chi connectivity index (χ1n) is 11.1. The van der Waals surface area contributed by atoms with Crippen LogP contribution in [-0.4, -0.2) is 38.2 Å². The molecule has 1 fully saturated rings. The van der Waals surface area contributed by atoms with E-state index in [4.69, 9.17) is 11.6 Å². The molecule has 4 aromatic rings. The number of fused-ring (bicyclic) bond motifs is 3. The molecule has 34 heavy (non-hydrogen) atoms. The predicted octanol–water partition coefficient (Wildman–Crippen LogP) is 4.50. The topological polar surface area (TPSA) is 75.9 Å². The van der Waals surface area contributed by atoms with Gasteiger partial charge in [-0.1, -0.05) is 23.7 Å². The molecule has 2 aliphatic rings. The van der Waals surface area contributed by atoms with Crippen LogP contribution in [0, 0.1) is 12.7 Å². The number of aromatic nitrogens is 4. The zero-order chi connectivity index (χ0) is 23.6. The second kappa shape index (κ2) is 7.58. The van der Waals surface area contributed by atoms with Gasteiger partial charge in [-0.25, -0.2) is 14.4 Å². The van der Waals surface area contributed by atoms with Gasteiger partial charge in [-0.2, -0.15) is 9.78 Å². The molecule has 172 valence electrons. The summed E-state index contributed by atoms with van der Waals surface area (Å²) >= 11 is 6.15. The van der Waals surface area contributed by atoms with Crippen molar-refractivity contribution in [1.29, 1.82) is 0 Å². The number of rotatable bonds is 3. The summed E-state index contributed by atoms with van der Waals surface area (Å²) in [6.07, 6.45) is 3.93. The van der Waals surface area contributed by atoms with Crippen molar-refractivity contribution < 1.29 is 4.39 Å². The van der Waals surface area contributed by atoms with Crippen molar-refractivity contribution in [2.24, 2.45) is 0 Å². The van der Waals surface area contributed by atoms with E-state index < -0.39 is 11.4 Å².